The Kier molecular flexibility index (Phi) is 15.2. The number of ether oxygens (including phenoxy) is 2. The fourth-order valence-corrected chi connectivity index (χ4v) is 2.06. The summed E-state index contributed by atoms with van der Waals surface area (Å²) < 4.78 is 11.1. The van der Waals surface area contributed by atoms with E-state index in [2.05, 4.69) is 50.2 Å². The van der Waals surface area contributed by atoms with Gasteiger partial charge in [0.15, 0.2) is 0 Å². The van der Waals surface area contributed by atoms with Crippen molar-refractivity contribution in [3.05, 3.63) is 0 Å². The van der Waals surface area contributed by atoms with Crippen LogP contribution in [-0.2, 0) is 9.47 Å². The summed E-state index contributed by atoms with van der Waals surface area (Å²) in [6.45, 7) is 21.4. The van der Waals surface area contributed by atoms with Gasteiger partial charge in [0.2, 0.25) is 0 Å². The van der Waals surface area contributed by atoms with Gasteiger partial charge in [-0.05, 0) is 5.41 Å². The molecule has 0 amide bonds. The van der Waals surface area contributed by atoms with Gasteiger partial charge in [-0.1, -0.05) is 41.0 Å². The Morgan fingerprint density at radius 3 is 2.09 bits per heavy atom. The predicted octanol–water partition coefficient (Wildman–Crippen LogP) is 1.98. The van der Waals surface area contributed by atoms with Crippen molar-refractivity contribution in [2.75, 3.05) is 72.2 Å². The lowest BCUT2D eigenvalue weighted by Gasteiger charge is -2.26. The molecule has 0 spiro atoms. The van der Waals surface area contributed by atoms with Crippen LogP contribution in [0.15, 0.2) is 0 Å². The van der Waals surface area contributed by atoms with Gasteiger partial charge in [-0.2, -0.15) is 0 Å². The molecule has 1 saturated heterocycles. The SMILES string of the molecule is CC(C)(C)CNCCOCCOCCN1CCNCC1.CCC. The van der Waals surface area contributed by atoms with Gasteiger partial charge in [0.25, 0.3) is 0 Å². The molecule has 0 atom stereocenters. The van der Waals surface area contributed by atoms with Crippen molar-refractivity contribution in [1.82, 2.24) is 15.5 Å². The number of hydrogen-bond acceptors (Lipinski definition) is 5. The molecule has 2 N–H and O–H groups in total. The van der Waals surface area contributed by atoms with Crippen molar-refractivity contribution >= 4 is 0 Å². The van der Waals surface area contributed by atoms with Gasteiger partial charge in [-0.25, -0.2) is 0 Å². The molecule has 0 aromatic carbocycles. The lowest BCUT2D eigenvalue weighted by atomic mass is 9.97. The lowest BCUT2D eigenvalue weighted by molar-refractivity contribution is 0.0380. The Bertz CT molecular complexity index is 239. The molecule has 1 aliphatic rings. The fraction of sp³-hybridized carbons (Fsp3) is 1.00. The molecule has 0 aromatic heterocycles. The van der Waals surface area contributed by atoms with Gasteiger partial charge in [0, 0.05) is 45.8 Å². The Morgan fingerprint density at radius 1 is 0.957 bits per heavy atom. The van der Waals surface area contributed by atoms with Crippen molar-refractivity contribution in [3.8, 4) is 0 Å². The quantitative estimate of drug-likeness (QED) is 0.599. The molecule has 23 heavy (non-hydrogen) atoms. The smallest absolute Gasteiger partial charge is 0.0701 e. The standard InChI is InChI=1S/C15H33N3O2.C3H8/c1-15(2,3)14-17-6-10-19-12-13-20-11-9-18-7-4-16-5-8-18;1-3-2/h16-17H,4-14H2,1-3H3;3H2,1-2H3. The van der Waals surface area contributed by atoms with Crippen LogP contribution in [0.3, 0.4) is 0 Å². The van der Waals surface area contributed by atoms with Crippen molar-refractivity contribution in [3.63, 3.8) is 0 Å². The number of hydrogen-bond donors (Lipinski definition) is 2. The average Bonchev–Trinajstić information content (AvgIpc) is 2.50. The monoisotopic (exact) mass is 331 g/mol. The third kappa shape index (κ3) is 18.0. The molecule has 1 heterocycles. The number of nitrogens with zero attached hydrogens (tertiary/aromatic N) is 1. The second-order valence-corrected chi connectivity index (χ2v) is 7.26. The molecule has 0 bridgehead atoms. The second kappa shape index (κ2) is 15.3. The summed E-state index contributed by atoms with van der Waals surface area (Å²) in [4.78, 5) is 2.44. The van der Waals surface area contributed by atoms with Crippen LogP contribution in [0.1, 0.15) is 41.0 Å². The van der Waals surface area contributed by atoms with Crippen molar-refractivity contribution in [1.29, 1.82) is 0 Å². The van der Waals surface area contributed by atoms with Crippen LogP contribution in [0.5, 0.6) is 0 Å². The van der Waals surface area contributed by atoms with E-state index < -0.39 is 0 Å². The fourth-order valence-electron chi connectivity index (χ4n) is 2.06. The molecule has 1 aliphatic heterocycles. The van der Waals surface area contributed by atoms with Gasteiger partial charge in [0.05, 0.1) is 26.4 Å². The summed E-state index contributed by atoms with van der Waals surface area (Å²) in [6, 6.07) is 0. The van der Waals surface area contributed by atoms with Crippen molar-refractivity contribution in [2.45, 2.75) is 41.0 Å². The molecule has 0 unspecified atom stereocenters. The number of rotatable bonds is 10. The number of nitrogens with one attached hydrogen (secondary N) is 2. The van der Waals surface area contributed by atoms with Gasteiger partial charge < -0.3 is 20.1 Å². The zero-order chi connectivity index (χ0) is 17.4. The van der Waals surface area contributed by atoms with E-state index in [1.54, 1.807) is 0 Å². The van der Waals surface area contributed by atoms with Gasteiger partial charge >= 0.3 is 0 Å². The van der Waals surface area contributed by atoms with Gasteiger partial charge in [-0.15, -0.1) is 0 Å². The van der Waals surface area contributed by atoms with Crippen LogP contribution in [0.25, 0.3) is 0 Å². The van der Waals surface area contributed by atoms with E-state index in [0.717, 1.165) is 59.0 Å². The maximum absolute atomic E-state index is 5.59. The van der Waals surface area contributed by atoms with Crippen LogP contribution in [0.4, 0.5) is 0 Å². The van der Waals surface area contributed by atoms with Crippen molar-refractivity contribution < 1.29 is 9.47 Å². The highest BCUT2D eigenvalue weighted by Crippen LogP contribution is 2.09. The molecule has 0 radical (unpaired) electrons. The van der Waals surface area contributed by atoms with Crippen LogP contribution < -0.4 is 10.6 Å². The van der Waals surface area contributed by atoms with E-state index in [9.17, 15) is 0 Å². The summed E-state index contributed by atoms with van der Waals surface area (Å²) in [5, 5.41) is 6.74. The largest absolute Gasteiger partial charge is 0.378 e. The van der Waals surface area contributed by atoms with E-state index in [1.165, 1.54) is 6.42 Å². The van der Waals surface area contributed by atoms with Crippen LogP contribution in [0, 0.1) is 5.41 Å². The molecule has 0 aromatic rings. The Balaban J connectivity index is 0.00000149. The molecule has 1 rings (SSSR count). The van der Waals surface area contributed by atoms with Gasteiger partial charge in [0.1, 0.15) is 0 Å². The first-order valence-corrected chi connectivity index (χ1v) is 9.29. The molecule has 0 aliphatic carbocycles. The summed E-state index contributed by atoms with van der Waals surface area (Å²) in [5.74, 6) is 0. The van der Waals surface area contributed by atoms with Crippen molar-refractivity contribution in [2.24, 2.45) is 5.41 Å². The van der Waals surface area contributed by atoms with E-state index in [4.69, 9.17) is 9.47 Å². The van der Waals surface area contributed by atoms with Gasteiger partial charge in [-0.3, -0.25) is 4.90 Å². The summed E-state index contributed by atoms with van der Waals surface area (Å²) in [7, 11) is 0. The molecule has 0 saturated carbocycles. The summed E-state index contributed by atoms with van der Waals surface area (Å²) in [5.41, 5.74) is 0.340. The average molecular weight is 332 g/mol. The van der Waals surface area contributed by atoms with E-state index >= 15 is 0 Å². The zero-order valence-corrected chi connectivity index (χ0v) is 16.2. The predicted molar refractivity (Wildman–Crippen MR) is 99.2 cm³/mol. The molecule has 1 fully saturated rings. The third-order valence-electron chi connectivity index (χ3n) is 3.21. The highest BCUT2D eigenvalue weighted by atomic mass is 16.5. The van der Waals surface area contributed by atoms with Crippen LogP contribution in [0.2, 0.25) is 0 Å². The minimum absolute atomic E-state index is 0.340. The number of piperazine rings is 1. The Labute approximate surface area is 144 Å². The van der Waals surface area contributed by atoms with E-state index in [-0.39, 0.29) is 0 Å². The first-order chi connectivity index (χ1) is 11.0. The topological polar surface area (TPSA) is 45.8 Å². The lowest BCUT2D eigenvalue weighted by Crippen LogP contribution is -2.44. The minimum atomic E-state index is 0.340. The first-order valence-electron chi connectivity index (χ1n) is 9.29. The highest BCUT2D eigenvalue weighted by molar-refractivity contribution is 4.66. The van der Waals surface area contributed by atoms with E-state index in [1.807, 2.05) is 0 Å². The third-order valence-corrected chi connectivity index (χ3v) is 3.21. The summed E-state index contributed by atoms with van der Waals surface area (Å²) in [6.07, 6.45) is 1.25. The zero-order valence-electron chi connectivity index (χ0n) is 16.2. The molecule has 5 nitrogen and oxygen atoms in total. The van der Waals surface area contributed by atoms with Crippen LogP contribution in [-0.4, -0.2) is 77.1 Å². The van der Waals surface area contributed by atoms with Crippen LogP contribution >= 0.6 is 0 Å². The highest BCUT2D eigenvalue weighted by Gasteiger charge is 2.09. The Morgan fingerprint density at radius 2 is 1.52 bits per heavy atom. The molecule has 5 heteroatoms. The maximum atomic E-state index is 5.59. The molecular weight excluding hydrogens is 290 g/mol. The Hall–Kier alpha value is -0.200. The molecular formula is C18H41N3O2. The maximum Gasteiger partial charge on any atom is 0.0701 e. The normalized spacial score (nSPS) is 16.0. The second-order valence-electron chi connectivity index (χ2n) is 7.26. The minimum Gasteiger partial charge on any atom is -0.378 e. The molecule has 140 valence electrons. The van der Waals surface area contributed by atoms with E-state index in [0.29, 0.717) is 18.6 Å². The first kappa shape index (κ1) is 22.8. The summed E-state index contributed by atoms with van der Waals surface area (Å²) >= 11 is 0.